The van der Waals surface area contributed by atoms with Gasteiger partial charge in [0.2, 0.25) is 0 Å². The van der Waals surface area contributed by atoms with Gasteiger partial charge in [-0.2, -0.15) is 0 Å². The van der Waals surface area contributed by atoms with E-state index in [1.54, 1.807) is 11.3 Å². The molecule has 0 unspecified atom stereocenters. The van der Waals surface area contributed by atoms with Gasteiger partial charge in [-0.05, 0) is 39.3 Å². The number of anilines is 1. The number of rotatable bonds is 4. The van der Waals surface area contributed by atoms with Crippen LogP contribution in [0.5, 0.6) is 0 Å². The molecule has 2 heterocycles. The predicted molar refractivity (Wildman–Crippen MR) is 73.8 cm³/mol. The van der Waals surface area contributed by atoms with Gasteiger partial charge in [0, 0.05) is 11.4 Å². The van der Waals surface area contributed by atoms with Crippen molar-refractivity contribution in [2.45, 2.75) is 27.2 Å². The summed E-state index contributed by atoms with van der Waals surface area (Å²) in [5.41, 5.74) is 6.78. The van der Waals surface area contributed by atoms with Gasteiger partial charge < -0.3 is 11.1 Å². The van der Waals surface area contributed by atoms with Crippen LogP contribution in [0.4, 0.5) is 5.82 Å². The van der Waals surface area contributed by atoms with E-state index in [4.69, 9.17) is 5.73 Å². The first-order valence-electron chi connectivity index (χ1n) is 5.81. The minimum Gasteiger partial charge on any atom is -0.369 e. The summed E-state index contributed by atoms with van der Waals surface area (Å²) in [5.74, 6) is 1.76. The number of thiophene rings is 1. The van der Waals surface area contributed by atoms with Gasteiger partial charge in [-0.25, -0.2) is 9.97 Å². The lowest BCUT2D eigenvalue weighted by molar-refractivity contribution is 0.869. The zero-order valence-corrected chi connectivity index (χ0v) is 11.3. The second-order valence-corrected chi connectivity index (χ2v) is 5.36. The van der Waals surface area contributed by atoms with Crippen molar-refractivity contribution < 1.29 is 0 Å². The topological polar surface area (TPSA) is 63.8 Å². The molecule has 0 saturated carbocycles. The lowest BCUT2D eigenvalue weighted by Gasteiger charge is -2.07. The van der Waals surface area contributed by atoms with E-state index in [9.17, 15) is 0 Å². The zero-order chi connectivity index (χ0) is 12.4. The quantitative estimate of drug-likeness (QED) is 0.818. The zero-order valence-electron chi connectivity index (χ0n) is 10.5. The Morgan fingerprint density at radius 2 is 2.00 bits per heavy atom. The Bertz CT molecular complexity index is 533. The summed E-state index contributed by atoms with van der Waals surface area (Å²) in [6.45, 7) is 7.73. The third-order valence-corrected chi connectivity index (χ3v) is 3.91. The molecule has 3 N–H and O–H groups in total. The van der Waals surface area contributed by atoms with Gasteiger partial charge in [0.05, 0.1) is 5.39 Å². The van der Waals surface area contributed by atoms with Crippen LogP contribution in [0.3, 0.4) is 0 Å². The Morgan fingerprint density at radius 3 is 2.71 bits per heavy atom. The van der Waals surface area contributed by atoms with E-state index in [-0.39, 0.29) is 0 Å². The van der Waals surface area contributed by atoms with Crippen LogP contribution < -0.4 is 11.1 Å². The number of nitrogens with zero attached hydrogens (tertiary/aromatic N) is 2. The number of hydrogen-bond acceptors (Lipinski definition) is 5. The lowest BCUT2D eigenvalue weighted by Crippen LogP contribution is -2.10. The number of hydrogen-bond donors (Lipinski definition) is 2. The second-order valence-electron chi connectivity index (χ2n) is 4.15. The summed E-state index contributed by atoms with van der Waals surface area (Å²) in [6.07, 6.45) is 0.951. The van der Waals surface area contributed by atoms with Crippen molar-refractivity contribution in [1.29, 1.82) is 0 Å². The molecule has 92 valence electrons. The van der Waals surface area contributed by atoms with Crippen LogP contribution in [-0.4, -0.2) is 23.1 Å². The highest BCUT2D eigenvalue weighted by molar-refractivity contribution is 7.18. The van der Waals surface area contributed by atoms with E-state index < -0.39 is 0 Å². The molecule has 2 rings (SSSR count). The molecule has 0 aliphatic rings. The molecule has 17 heavy (non-hydrogen) atoms. The summed E-state index contributed by atoms with van der Waals surface area (Å²) < 4.78 is 0. The van der Waals surface area contributed by atoms with E-state index in [1.165, 1.54) is 10.4 Å². The predicted octanol–water partition coefficient (Wildman–Crippen LogP) is 2.38. The standard InChI is InChI=1S/C12H18N4S/c1-7-8(2)17-12-10(7)11(14-6-4-5-13)15-9(3)16-12/h4-6,13H2,1-3H3,(H,14,15,16). The maximum Gasteiger partial charge on any atom is 0.138 e. The molecule has 0 aromatic carbocycles. The average molecular weight is 250 g/mol. The SMILES string of the molecule is Cc1nc(NCCCN)c2c(C)c(C)sc2n1. The van der Waals surface area contributed by atoms with E-state index in [0.29, 0.717) is 6.54 Å². The Morgan fingerprint density at radius 1 is 1.24 bits per heavy atom. The first kappa shape index (κ1) is 12.3. The van der Waals surface area contributed by atoms with Gasteiger partial charge in [0.25, 0.3) is 0 Å². The number of aryl methyl sites for hydroxylation is 3. The van der Waals surface area contributed by atoms with Gasteiger partial charge in [-0.1, -0.05) is 0 Å². The van der Waals surface area contributed by atoms with E-state index >= 15 is 0 Å². The highest BCUT2D eigenvalue weighted by Gasteiger charge is 2.12. The van der Waals surface area contributed by atoms with Gasteiger partial charge in [-0.3, -0.25) is 0 Å². The maximum atomic E-state index is 5.50. The normalized spacial score (nSPS) is 11.1. The fourth-order valence-electron chi connectivity index (χ4n) is 1.79. The molecule has 0 atom stereocenters. The van der Waals surface area contributed by atoms with Crippen LogP contribution >= 0.6 is 11.3 Å². The summed E-state index contributed by atoms with van der Waals surface area (Å²) >= 11 is 1.73. The third-order valence-electron chi connectivity index (χ3n) is 2.81. The molecule has 4 nitrogen and oxygen atoms in total. The minimum atomic E-state index is 0.696. The molecular formula is C12H18N4S. The van der Waals surface area contributed by atoms with Crippen molar-refractivity contribution >= 4 is 27.4 Å². The molecule has 0 bridgehead atoms. The average Bonchev–Trinajstić information content (AvgIpc) is 2.54. The monoisotopic (exact) mass is 250 g/mol. The molecule has 2 aromatic heterocycles. The van der Waals surface area contributed by atoms with Crippen LogP contribution in [0.25, 0.3) is 10.2 Å². The van der Waals surface area contributed by atoms with Crippen LogP contribution in [0.2, 0.25) is 0 Å². The molecule has 0 aliphatic carbocycles. The Labute approximate surface area is 105 Å². The summed E-state index contributed by atoms with van der Waals surface area (Å²) in [5, 5.41) is 4.52. The maximum absolute atomic E-state index is 5.50. The van der Waals surface area contributed by atoms with Gasteiger partial charge in [-0.15, -0.1) is 11.3 Å². The molecule has 0 spiro atoms. The smallest absolute Gasteiger partial charge is 0.138 e. The number of aromatic nitrogens is 2. The highest BCUT2D eigenvalue weighted by Crippen LogP contribution is 2.32. The molecular weight excluding hydrogens is 232 g/mol. The lowest BCUT2D eigenvalue weighted by atomic mass is 10.2. The first-order chi connectivity index (χ1) is 8.13. The Kier molecular flexibility index (Phi) is 3.59. The van der Waals surface area contributed by atoms with Crippen molar-refractivity contribution in [3.05, 3.63) is 16.3 Å². The van der Waals surface area contributed by atoms with Crippen molar-refractivity contribution in [2.24, 2.45) is 5.73 Å². The van der Waals surface area contributed by atoms with Crippen LogP contribution in [0.15, 0.2) is 0 Å². The second kappa shape index (κ2) is 4.98. The molecule has 0 saturated heterocycles. The molecule has 2 aromatic rings. The van der Waals surface area contributed by atoms with E-state index in [1.807, 2.05) is 6.92 Å². The van der Waals surface area contributed by atoms with Crippen LogP contribution in [0, 0.1) is 20.8 Å². The first-order valence-corrected chi connectivity index (χ1v) is 6.63. The largest absolute Gasteiger partial charge is 0.369 e. The molecule has 0 aliphatic heterocycles. The summed E-state index contributed by atoms with van der Waals surface area (Å²) in [4.78, 5) is 11.4. The fourth-order valence-corrected chi connectivity index (χ4v) is 2.87. The highest BCUT2D eigenvalue weighted by atomic mass is 32.1. The van der Waals surface area contributed by atoms with Crippen molar-refractivity contribution in [3.63, 3.8) is 0 Å². The molecule has 0 fully saturated rings. The van der Waals surface area contributed by atoms with E-state index in [2.05, 4.69) is 29.1 Å². The Hall–Kier alpha value is -1.20. The van der Waals surface area contributed by atoms with Gasteiger partial charge in [0.1, 0.15) is 16.5 Å². The number of nitrogens with one attached hydrogen (secondary N) is 1. The van der Waals surface area contributed by atoms with Crippen molar-refractivity contribution in [3.8, 4) is 0 Å². The Balaban J connectivity index is 2.44. The fraction of sp³-hybridized carbons (Fsp3) is 0.500. The summed E-state index contributed by atoms with van der Waals surface area (Å²) in [7, 11) is 0. The van der Waals surface area contributed by atoms with Crippen LogP contribution in [-0.2, 0) is 0 Å². The molecule has 5 heteroatoms. The van der Waals surface area contributed by atoms with Crippen molar-refractivity contribution in [1.82, 2.24) is 9.97 Å². The molecule has 0 amide bonds. The van der Waals surface area contributed by atoms with E-state index in [0.717, 1.165) is 34.8 Å². The van der Waals surface area contributed by atoms with Gasteiger partial charge >= 0.3 is 0 Å². The van der Waals surface area contributed by atoms with Gasteiger partial charge in [0.15, 0.2) is 0 Å². The summed E-state index contributed by atoms with van der Waals surface area (Å²) in [6, 6.07) is 0. The van der Waals surface area contributed by atoms with Crippen LogP contribution in [0.1, 0.15) is 22.7 Å². The van der Waals surface area contributed by atoms with Crippen molar-refractivity contribution in [2.75, 3.05) is 18.4 Å². The number of nitrogens with two attached hydrogens (primary N) is 1. The third kappa shape index (κ3) is 2.40. The molecule has 0 radical (unpaired) electrons. The number of fused-ring (bicyclic) bond motifs is 1. The minimum absolute atomic E-state index is 0.696.